The van der Waals surface area contributed by atoms with Gasteiger partial charge in [-0.25, -0.2) is 8.42 Å². The molecule has 0 aliphatic heterocycles. The van der Waals surface area contributed by atoms with Crippen LogP contribution in [0.3, 0.4) is 0 Å². The molecule has 2 aromatic rings. The fourth-order valence-electron chi connectivity index (χ4n) is 1.35. The van der Waals surface area contributed by atoms with Gasteiger partial charge >= 0.3 is 0 Å². The Morgan fingerprint density at radius 3 is 2.59 bits per heavy atom. The minimum Gasteiger partial charge on any atom is -0.507 e. The van der Waals surface area contributed by atoms with Crippen molar-refractivity contribution in [1.29, 1.82) is 0 Å². The number of aromatic hydroxyl groups is 1. The third-order valence-corrected chi connectivity index (χ3v) is 3.62. The SMILES string of the molecule is Cn1nccc1NS(=O)(=O)c1ccccc1O. The number of hydrogen-bond acceptors (Lipinski definition) is 4. The Labute approximate surface area is 98.6 Å². The predicted octanol–water partition coefficient (Wildman–Crippen LogP) is 0.926. The predicted molar refractivity (Wildman–Crippen MR) is 62.1 cm³/mol. The number of aromatic nitrogens is 2. The van der Waals surface area contributed by atoms with Crippen LogP contribution in [0.2, 0.25) is 0 Å². The highest BCUT2D eigenvalue weighted by Crippen LogP contribution is 2.23. The van der Waals surface area contributed by atoms with E-state index in [0.29, 0.717) is 5.82 Å². The third-order valence-electron chi connectivity index (χ3n) is 2.21. The van der Waals surface area contributed by atoms with Crippen molar-refractivity contribution in [2.24, 2.45) is 7.05 Å². The summed E-state index contributed by atoms with van der Waals surface area (Å²) in [6, 6.07) is 7.26. The first-order chi connectivity index (χ1) is 8.00. The monoisotopic (exact) mass is 253 g/mol. The summed E-state index contributed by atoms with van der Waals surface area (Å²) in [7, 11) is -2.18. The van der Waals surface area contributed by atoms with Gasteiger partial charge in [-0.3, -0.25) is 9.40 Å². The van der Waals surface area contributed by atoms with E-state index in [-0.39, 0.29) is 10.6 Å². The fraction of sp³-hybridized carbons (Fsp3) is 0.100. The topological polar surface area (TPSA) is 84.2 Å². The van der Waals surface area contributed by atoms with Crippen LogP contribution in [0.25, 0.3) is 0 Å². The summed E-state index contributed by atoms with van der Waals surface area (Å²) in [5.41, 5.74) is 0. The standard InChI is InChI=1S/C10H11N3O3S/c1-13-10(6-7-11-13)12-17(15,16)9-5-3-2-4-8(9)14/h2-7,12,14H,1H3. The van der Waals surface area contributed by atoms with Crippen molar-refractivity contribution < 1.29 is 13.5 Å². The molecule has 1 aromatic carbocycles. The number of sulfonamides is 1. The van der Waals surface area contributed by atoms with E-state index in [1.807, 2.05) is 0 Å². The smallest absolute Gasteiger partial charge is 0.266 e. The van der Waals surface area contributed by atoms with Gasteiger partial charge in [-0.1, -0.05) is 12.1 Å². The number of nitrogens with one attached hydrogen (secondary N) is 1. The summed E-state index contributed by atoms with van der Waals surface area (Å²) in [5.74, 6) is 0.0374. The number of benzene rings is 1. The molecular weight excluding hydrogens is 242 g/mol. The van der Waals surface area contributed by atoms with Crippen LogP contribution in [0.15, 0.2) is 41.4 Å². The van der Waals surface area contributed by atoms with E-state index < -0.39 is 10.0 Å². The highest BCUT2D eigenvalue weighted by Gasteiger charge is 2.19. The molecule has 0 fully saturated rings. The van der Waals surface area contributed by atoms with Gasteiger partial charge in [0.25, 0.3) is 10.0 Å². The first-order valence-corrected chi connectivity index (χ1v) is 6.28. The van der Waals surface area contributed by atoms with E-state index >= 15 is 0 Å². The van der Waals surface area contributed by atoms with Crippen molar-refractivity contribution in [3.8, 4) is 5.75 Å². The molecule has 7 heteroatoms. The fourth-order valence-corrected chi connectivity index (χ4v) is 2.54. The molecule has 0 unspecified atom stereocenters. The summed E-state index contributed by atoms with van der Waals surface area (Å²) in [6.07, 6.45) is 1.47. The minimum absolute atomic E-state index is 0.166. The molecule has 6 nitrogen and oxygen atoms in total. The molecule has 1 aromatic heterocycles. The molecule has 1 heterocycles. The Kier molecular flexibility index (Phi) is 2.76. The average Bonchev–Trinajstić information content (AvgIpc) is 2.64. The van der Waals surface area contributed by atoms with Gasteiger partial charge in [0.05, 0.1) is 6.20 Å². The molecule has 90 valence electrons. The zero-order valence-corrected chi connectivity index (χ0v) is 9.85. The number of anilines is 1. The lowest BCUT2D eigenvalue weighted by Crippen LogP contribution is -2.15. The summed E-state index contributed by atoms with van der Waals surface area (Å²) in [5, 5.41) is 13.3. The quantitative estimate of drug-likeness (QED) is 0.852. The molecule has 0 aliphatic rings. The zero-order valence-electron chi connectivity index (χ0n) is 9.03. The zero-order chi connectivity index (χ0) is 12.5. The molecule has 0 spiro atoms. The van der Waals surface area contributed by atoms with Gasteiger partial charge in [0.15, 0.2) is 0 Å². The van der Waals surface area contributed by atoms with Crippen LogP contribution in [0.4, 0.5) is 5.82 Å². The maximum Gasteiger partial charge on any atom is 0.266 e. The summed E-state index contributed by atoms with van der Waals surface area (Å²) in [4.78, 5) is -0.166. The molecule has 0 saturated carbocycles. The van der Waals surface area contributed by atoms with Crippen LogP contribution in [0.1, 0.15) is 0 Å². The molecule has 0 amide bonds. The molecule has 2 rings (SSSR count). The number of nitrogens with zero attached hydrogens (tertiary/aromatic N) is 2. The number of rotatable bonds is 3. The highest BCUT2D eigenvalue weighted by atomic mass is 32.2. The van der Waals surface area contributed by atoms with Gasteiger partial charge in [-0.15, -0.1) is 0 Å². The van der Waals surface area contributed by atoms with Crippen molar-refractivity contribution in [3.05, 3.63) is 36.5 Å². The Morgan fingerprint density at radius 1 is 1.29 bits per heavy atom. The molecular formula is C10H11N3O3S. The van der Waals surface area contributed by atoms with Crippen LogP contribution in [-0.4, -0.2) is 23.3 Å². The Bertz CT molecular complexity index is 634. The lowest BCUT2D eigenvalue weighted by atomic mass is 10.3. The van der Waals surface area contributed by atoms with Gasteiger partial charge in [0.1, 0.15) is 16.5 Å². The number of phenolic OH excluding ortho intramolecular Hbond substituents is 1. The second-order valence-corrected chi connectivity index (χ2v) is 5.06. The third kappa shape index (κ3) is 2.23. The number of phenols is 1. The van der Waals surface area contributed by atoms with Gasteiger partial charge in [-0.2, -0.15) is 5.10 Å². The molecule has 0 atom stereocenters. The molecule has 17 heavy (non-hydrogen) atoms. The van der Waals surface area contributed by atoms with E-state index in [4.69, 9.17) is 0 Å². The molecule has 0 radical (unpaired) electrons. The van der Waals surface area contributed by atoms with Crippen LogP contribution in [0, 0.1) is 0 Å². The lowest BCUT2D eigenvalue weighted by Gasteiger charge is -2.08. The average molecular weight is 253 g/mol. The molecule has 2 N–H and O–H groups in total. The second kappa shape index (κ2) is 4.10. The van der Waals surface area contributed by atoms with E-state index in [1.54, 1.807) is 13.1 Å². The Hall–Kier alpha value is -2.02. The summed E-state index contributed by atoms with van der Waals surface area (Å²) >= 11 is 0. The van der Waals surface area contributed by atoms with Gasteiger partial charge in [0.2, 0.25) is 0 Å². The first-order valence-electron chi connectivity index (χ1n) is 4.79. The minimum atomic E-state index is -3.80. The largest absolute Gasteiger partial charge is 0.507 e. The van der Waals surface area contributed by atoms with Gasteiger partial charge in [-0.05, 0) is 12.1 Å². The van der Waals surface area contributed by atoms with Crippen molar-refractivity contribution in [2.45, 2.75) is 4.90 Å². The summed E-state index contributed by atoms with van der Waals surface area (Å²) < 4.78 is 27.6. The number of hydrogen-bond donors (Lipinski definition) is 2. The van der Waals surface area contributed by atoms with E-state index in [1.165, 1.54) is 35.1 Å². The highest BCUT2D eigenvalue weighted by molar-refractivity contribution is 7.92. The first kappa shape index (κ1) is 11.5. The van der Waals surface area contributed by atoms with Crippen molar-refractivity contribution in [3.63, 3.8) is 0 Å². The Morgan fingerprint density at radius 2 is 2.00 bits per heavy atom. The maximum atomic E-state index is 12.0. The van der Waals surface area contributed by atoms with Crippen molar-refractivity contribution in [2.75, 3.05) is 4.72 Å². The second-order valence-electron chi connectivity index (χ2n) is 3.41. The normalized spacial score (nSPS) is 11.4. The van der Waals surface area contributed by atoms with Crippen LogP contribution in [0.5, 0.6) is 5.75 Å². The van der Waals surface area contributed by atoms with Gasteiger partial charge < -0.3 is 5.11 Å². The van der Waals surface area contributed by atoms with Crippen molar-refractivity contribution in [1.82, 2.24) is 9.78 Å². The van der Waals surface area contributed by atoms with Crippen LogP contribution >= 0.6 is 0 Å². The lowest BCUT2D eigenvalue weighted by molar-refractivity contribution is 0.459. The van der Waals surface area contributed by atoms with Crippen LogP contribution in [-0.2, 0) is 17.1 Å². The molecule has 0 bridgehead atoms. The Balaban J connectivity index is 2.39. The maximum absolute atomic E-state index is 12.0. The van der Waals surface area contributed by atoms with Crippen LogP contribution < -0.4 is 4.72 Å². The van der Waals surface area contributed by atoms with Gasteiger partial charge in [0, 0.05) is 13.1 Å². The number of aryl methyl sites for hydroxylation is 1. The van der Waals surface area contributed by atoms with E-state index in [9.17, 15) is 13.5 Å². The van der Waals surface area contributed by atoms with Crippen molar-refractivity contribution >= 4 is 15.8 Å². The molecule has 0 aliphatic carbocycles. The van der Waals surface area contributed by atoms with E-state index in [2.05, 4.69) is 9.82 Å². The number of para-hydroxylation sites is 1. The summed E-state index contributed by atoms with van der Waals surface area (Å²) in [6.45, 7) is 0. The van der Waals surface area contributed by atoms with E-state index in [0.717, 1.165) is 0 Å². The molecule has 0 saturated heterocycles.